The summed E-state index contributed by atoms with van der Waals surface area (Å²) in [6.07, 6.45) is 0. The average molecular weight is 317 g/mol. The number of benzene rings is 3. The van der Waals surface area contributed by atoms with Gasteiger partial charge in [-0.15, -0.1) is 0 Å². The fourth-order valence-corrected chi connectivity index (χ4v) is 3.22. The van der Waals surface area contributed by atoms with Gasteiger partial charge in [-0.1, -0.05) is 91.0 Å². The summed E-state index contributed by atoms with van der Waals surface area (Å²) in [6.45, 7) is 4.09. The quantitative estimate of drug-likeness (QED) is 0.637. The fourth-order valence-electron chi connectivity index (χ4n) is 3.22. The van der Waals surface area contributed by atoms with Gasteiger partial charge in [0.05, 0.1) is 11.6 Å². The monoisotopic (exact) mass is 317 g/mol. The Labute approximate surface area is 144 Å². The van der Waals surface area contributed by atoms with Crippen LogP contribution in [0.5, 0.6) is 0 Å². The zero-order chi connectivity index (χ0) is 17.0. The predicted molar refractivity (Wildman–Crippen MR) is 97.8 cm³/mol. The molecule has 0 aliphatic carbocycles. The van der Waals surface area contributed by atoms with Crippen LogP contribution < -0.4 is 0 Å². The van der Waals surface area contributed by atoms with Crippen molar-refractivity contribution in [2.45, 2.75) is 25.4 Å². The minimum Gasteiger partial charge on any atom is -0.312 e. The molecule has 1 unspecified atom stereocenters. The van der Waals surface area contributed by atoms with Gasteiger partial charge in [-0.2, -0.15) is 5.06 Å². The number of nitrogens with zero attached hydrogens (tertiary/aromatic N) is 1. The Kier molecular flexibility index (Phi) is 4.79. The lowest BCUT2D eigenvalue weighted by Crippen LogP contribution is -2.44. The van der Waals surface area contributed by atoms with Gasteiger partial charge in [0.15, 0.2) is 0 Å². The molecule has 24 heavy (non-hydrogen) atoms. The molecule has 0 bridgehead atoms. The van der Waals surface area contributed by atoms with Crippen LogP contribution in [-0.4, -0.2) is 10.3 Å². The Morgan fingerprint density at radius 3 is 1.50 bits per heavy atom. The van der Waals surface area contributed by atoms with Crippen LogP contribution in [0.1, 0.15) is 36.6 Å². The molecule has 0 aromatic heterocycles. The van der Waals surface area contributed by atoms with Crippen molar-refractivity contribution in [3.05, 3.63) is 108 Å². The lowest BCUT2D eigenvalue weighted by Gasteiger charge is -2.41. The van der Waals surface area contributed by atoms with Crippen molar-refractivity contribution < 1.29 is 5.21 Å². The molecule has 122 valence electrons. The normalized spacial score (nSPS) is 13.0. The third kappa shape index (κ3) is 2.99. The van der Waals surface area contributed by atoms with Gasteiger partial charge in [-0.25, -0.2) is 0 Å². The van der Waals surface area contributed by atoms with Crippen molar-refractivity contribution in [1.29, 1.82) is 0 Å². The van der Waals surface area contributed by atoms with E-state index in [2.05, 4.69) is 31.2 Å². The zero-order valence-electron chi connectivity index (χ0n) is 14.1. The highest BCUT2D eigenvalue weighted by atomic mass is 16.5. The van der Waals surface area contributed by atoms with E-state index in [1.165, 1.54) is 5.06 Å². The Bertz CT molecular complexity index is 716. The maximum Gasteiger partial charge on any atom is 0.0936 e. The molecular weight excluding hydrogens is 294 g/mol. The Hall–Kier alpha value is -2.42. The molecule has 0 aliphatic heterocycles. The third-order valence-corrected chi connectivity index (χ3v) is 4.78. The van der Waals surface area contributed by atoms with Crippen molar-refractivity contribution in [2.75, 3.05) is 0 Å². The minimum absolute atomic E-state index is 0.142. The summed E-state index contributed by atoms with van der Waals surface area (Å²) in [6, 6.07) is 30.2. The summed E-state index contributed by atoms with van der Waals surface area (Å²) in [4.78, 5) is 0. The van der Waals surface area contributed by atoms with Crippen molar-refractivity contribution >= 4 is 0 Å². The predicted octanol–water partition coefficient (Wildman–Crippen LogP) is 5.40. The number of rotatable bonds is 5. The third-order valence-electron chi connectivity index (χ3n) is 4.78. The first-order chi connectivity index (χ1) is 11.6. The van der Waals surface area contributed by atoms with E-state index in [0.29, 0.717) is 0 Å². The molecule has 2 nitrogen and oxygen atoms in total. The largest absolute Gasteiger partial charge is 0.312 e. The smallest absolute Gasteiger partial charge is 0.0936 e. The molecule has 0 aliphatic rings. The molecule has 2 heteroatoms. The van der Waals surface area contributed by atoms with Crippen LogP contribution in [-0.2, 0) is 5.54 Å². The number of hydroxylamine groups is 2. The molecule has 3 aromatic carbocycles. The second kappa shape index (κ2) is 7.00. The molecule has 1 N–H and O–H groups in total. The van der Waals surface area contributed by atoms with E-state index >= 15 is 0 Å². The molecule has 0 radical (unpaired) electrons. The van der Waals surface area contributed by atoms with E-state index in [0.717, 1.165) is 16.7 Å². The molecule has 0 fully saturated rings. The lowest BCUT2D eigenvalue weighted by atomic mass is 9.83. The summed E-state index contributed by atoms with van der Waals surface area (Å²) in [7, 11) is 0. The first-order valence-corrected chi connectivity index (χ1v) is 8.28. The molecule has 0 saturated carbocycles. The molecule has 3 rings (SSSR count). The van der Waals surface area contributed by atoms with Crippen LogP contribution >= 0.6 is 0 Å². The summed E-state index contributed by atoms with van der Waals surface area (Å²) in [5.41, 5.74) is 2.55. The molecule has 0 spiro atoms. The van der Waals surface area contributed by atoms with Crippen LogP contribution in [0.3, 0.4) is 0 Å². The first kappa shape index (κ1) is 16.4. The molecule has 0 amide bonds. The van der Waals surface area contributed by atoms with E-state index in [1.54, 1.807) is 0 Å². The SMILES string of the molecule is CC(c1ccccc1)N(O)C(C)(c1ccccc1)c1ccccc1. The molecular formula is C22H23NO. The minimum atomic E-state index is -0.641. The van der Waals surface area contributed by atoms with E-state index < -0.39 is 5.54 Å². The second-order valence-electron chi connectivity index (χ2n) is 6.24. The van der Waals surface area contributed by atoms with Crippen molar-refractivity contribution in [2.24, 2.45) is 0 Å². The van der Waals surface area contributed by atoms with Crippen molar-refractivity contribution in [3.8, 4) is 0 Å². The van der Waals surface area contributed by atoms with E-state index in [9.17, 15) is 5.21 Å². The summed E-state index contributed by atoms with van der Waals surface area (Å²) >= 11 is 0. The van der Waals surface area contributed by atoms with Crippen LogP contribution in [0.15, 0.2) is 91.0 Å². The Balaban J connectivity index is 2.08. The second-order valence-corrected chi connectivity index (χ2v) is 6.24. The highest BCUT2D eigenvalue weighted by Crippen LogP contribution is 2.39. The van der Waals surface area contributed by atoms with Gasteiger partial charge in [0.2, 0.25) is 0 Å². The highest BCUT2D eigenvalue weighted by molar-refractivity contribution is 5.37. The van der Waals surface area contributed by atoms with Crippen LogP contribution in [0.4, 0.5) is 0 Å². The van der Waals surface area contributed by atoms with Gasteiger partial charge in [0.1, 0.15) is 0 Å². The molecule has 3 aromatic rings. The summed E-state index contributed by atoms with van der Waals surface area (Å²) in [5, 5.41) is 12.7. The molecule has 1 atom stereocenters. The first-order valence-electron chi connectivity index (χ1n) is 8.28. The van der Waals surface area contributed by atoms with E-state index in [1.807, 2.05) is 73.7 Å². The van der Waals surface area contributed by atoms with Crippen LogP contribution in [0, 0.1) is 0 Å². The van der Waals surface area contributed by atoms with Gasteiger partial charge in [-0.3, -0.25) is 0 Å². The Morgan fingerprint density at radius 2 is 1.08 bits per heavy atom. The van der Waals surface area contributed by atoms with Crippen LogP contribution in [0.2, 0.25) is 0 Å². The fraction of sp³-hybridized carbons (Fsp3) is 0.182. The average Bonchev–Trinajstić information content (AvgIpc) is 2.68. The highest BCUT2D eigenvalue weighted by Gasteiger charge is 2.38. The van der Waals surface area contributed by atoms with Gasteiger partial charge in [0.25, 0.3) is 0 Å². The van der Waals surface area contributed by atoms with E-state index in [4.69, 9.17) is 0 Å². The summed E-state index contributed by atoms with van der Waals surface area (Å²) in [5.74, 6) is 0. The van der Waals surface area contributed by atoms with Gasteiger partial charge >= 0.3 is 0 Å². The number of hydrogen-bond donors (Lipinski definition) is 1. The molecule has 0 heterocycles. The summed E-state index contributed by atoms with van der Waals surface area (Å²) < 4.78 is 0. The molecule has 0 saturated heterocycles. The zero-order valence-corrected chi connectivity index (χ0v) is 14.1. The number of hydrogen-bond acceptors (Lipinski definition) is 2. The van der Waals surface area contributed by atoms with E-state index in [-0.39, 0.29) is 6.04 Å². The maximum absolute atomic E-state index is 11.2. The van der Waals surface area contributed by atoms with Crippen molar-refractivity contribution in [1.82, 2.24) is 5.06 Å². The Morgan fingerprint density at radius 1 is 0.708 bits per heavy atom. The van der Waals surface area contributed by atoms with Gasteiger partial charge in [0, 0.05) is 0 Å². The maximum atomic E-state index is 11.2. The standard InChI is InChI=1S/C22H23NO/c1-18(19-12-6-3-7-13-19)23(24)22(2,20-14-8-4-9-15-20)21-16-10-5-11-17-21/h3-18,24H,1-2H3. The lowest BCUT2D eigenvalue weighted by molar-refractivity contribution is -0.187. The topological polar surface area (TPSA) is 23.5 Å². The van der Waals surface area contributed by atoms with Gasteiger partial charge in [-0.05, 0) is 30.5 Å². The van der Waals surface area contributed by atoms with Crippen molar-refractivity contribution in [3.63, 3.8) is 0 Å². The van der Waals surface area contributed by atoms with Gasteiger partial charge < -0.3 is 5.21 Å². The van der Waals surface area contributed by atoms with Crippen LogP contribution in [0.25, 0.3) is 0 Å².